The van der Waals surface area contributed by atoms with E-state index in [1.165, 1.54) is 0 Å². The Morgan fingerprint density at radius 3 is 3.04 bits per heavy atom. The molecule has 1 aliphatic heterocycles. The molecule has 1 fully saturated rings. The highest BCUT2D eigenvalue weighted by Crippen LogP contribution is 2.20. The van der Waals surface area contributed by atoms with Gasteiger partial charge in [0, 0.05) is 44.3 Å². The number of carbonyl (C=O) groups excluding carboxylic acids is 1. The minimum absolute atomic E-state index is 0.0710. The molecule has 3 rings (SSSR count). The van der Waals surface area contributed by atoms with E-state index in [9.17, 15) is 4.79 Å². The molecule has 1 amide bonds. The van der Waals surface area contributed by atoms with Crippen molar-refractivity contribution in [2.24, 2.45) is 5.92 Å². The molecule has 3 heterocycles. The highest BCUT2D eigenvalue weighted by atomic mass is 16.2. The Labute approximate surface area is 142 Å². The normalized spacial score (nSPS) is 17.9. The minimum atomic E-state index is 0.0710. The highest BCUT2D eigenvalue weighted by molar-refractivity contribution is 5.94. The van der Waals surface area contributed by atoms with E-state index >= 15 is 0 Å². The van der Waals surface area contributed by atoms with Gasteiger partial charge in [0.25, 0.3) is 5.91 Å². The number of nitrogens with zero attached hydrogens (tertiary/aromatic N) is 5. The van der Waals surface area contributed by atoms with E-state index in [2.05, 4.69) is 20.6 Å². The number of piperidine rings is 1. The van der Waals surface area contributed by atoms with E-state index in [1.54, 1.807) is 6.20 Å². The summed E-state index contributed by atoms with van der Waals surface area (Å²) in [4.78, 5) is 18.8. The first-order chi connectivity index (χ1) is 11.7. The molecule has 24 heavy (non-hydrogen) atoms. The molecule has 1 N–H and O–H groups in total. The molecule has 2 aromatic rings. The van der Waals surface area contributed by atoms with Gasteiger partial charge in [-0.2, -0.15) is 0 Å². The summed E-state index contributed by atoms with van der Waals surface area (Å²) in [6.45, 7) is 5.01. The molecule has 0 radical (unpaired) electrons. The van der Waals surface area contributed by atoms with E-state index in [-0.39, 0.29) is 5.91 Å². The Morgan fingerprint density at radius 1 is 1.42 bits per heavy atom. The Hall–Kier alpha value is -2.28. The fourth-order valence-electron chi connectivity index (χ4n) is 3.13. The SMILES string of the molecule is CNCc1cn(C[C@@H]2CCCN(C(=O)c3ccc(C)nc3)C2)nn1. The van der Waals surface area contributed by atoms with Gasteiger partial charge in [-0.3, -0.25) is 14.5 Å². The number of pyridine rings is 1. The van der Waals surface area contributed by atoms with Crippen LogP contribution >= 0.6 is 0 Å². The monoisotopic (exact) mass is 328 g/mol. The zero-order valence-electron chi connectivity index (χ0n) is 14.3. The number of aryl methyl sites for hydroxylation is 1. The predicted octanol–water partition coefficient (Wildman–Crippen LogP) is 1.25. The maximum absolute atomic E-state index is 12.6. The molecule has 2 aromatic heterocycles. The quantitative estimate of drug-likeness (QED) is 0.894. The number of amides is 1. The molecular weight excluding hydrogens is 304 g/mol. The van der Waals surface area contributed by atoms with Gasteiger partial charge in [0.1, 0.15) is 0 Å². The Bertz CT molecular complexity index is 681. The van der Waals surface area contributed by atoms with Crippen molar-refractivity contribution in [1.29, 1.82) is 0 Å². The number of nitrogens with one attached hydrogen (secondary N) is 1. The van der Waals surface area contributed by atoms with Crippen LogP contribution in [0.25, 0.3) is 0 Å². The lowest BCUT2D eigenvalue weighted by Gasteiger charge is -2.32. The molecule has 0 saturated carbocycles. The van der Waals surface area contributed by atoms with Gasteiger partial charge in [-0.05, 0) is 44.9 Å². The van der Waals surface area contributed by atoms with Crippen molar-refractivity contribution in [3.05, 3.63) is 41.5 Å². The smallest absolute Gasteiger partial charge is 0.255 e. The number of likely N-dealkylation sites (tertiary alicyclic amines) is 1. The fraction of sp³-hybridized carbons (Fsp3) is 0.529. The van der Waals surface area contributed by atoms with Crippen molar-refractivity contribution in [1.82, 2.24) is 30.2 Å². The van der Waals surface area contributed by atoms with E-state index < -0.39 is 0 Å². The van der Waals surface area contributed by atoms with Crippen LogP contribution in [0.4, 0.5) is 0 Å². The minimum Gasteiger partial charge on any atom is -0.338 e. The third kappa shape index (κ3) is 3.97. The average molecular weight is 328 g/mol. The van der Waals surface area contributed by atoms with Crippen LogP contribution in [-0.2, 0) is 13.1 Å². The second-order valence-corrected chi connectivity index (χ2v) is 6.41. The molecule has 0 unspecified atom stereocenters. The summed E-state index contributed by atoms with van der Waals surface area (Å²) in [5, 5.41) is 11.4. The second kappa shape index (κ2) is 7.53. The molecular formula is C17H24N6O. The van der Waals surface area contributed by atoms with Crippen molar-refractivity contribution in [2.45, 2.75) is 32.9 Å². The van der Waals surface area contributed by atoms with Crippen molar-refractivity contribution in [2.75, 3.05) is 20.1 Å². The van der Waals surface area contributed by atoms with Gasteiger partial charge < -0.3 is 10.2 Å². The summed E-state index contributed by atoms with van der Waals surface area (Å²) in [5.74, 6) is 0.479. The maximum atomic E-state index is 12.6. The number of hydrogen-bond acceptors (Lipinski definition) is 5. The van der Waals surface area contributed by atoms with Crippen molar-refractivity contribution in [3.63, 3.8) is 0 Å². The summed E-state index contributed by atoms with van der Waals surface area (Å²) in [5.41, 5.74) is 2.52. The fourth-order valence-corrected chi connectivity index (χ4v) is 3.13. The van der Waals surface area contributed by atoms with Crippen LogP contribution in [0.3, 0.4) is 0 Å². The van der Waals surface area contributed by atoms with E-state index in [4.69, 9.17) is 0 Å². The molecule has 0 aliphatic carbocycles. The first-order valence-electron chi connectivity index (χ1n) is 8.41. The van der Waals surface area contributed by atoms with Crippen LogP contribution in [0.5, 0.6) is 0 Å². The first kappa shape index (κ1) is 16.6. The van der Waals surface area contributed by atoms with E-state index in [0.717, 1.165) is 50.4 Å². The topological polar surface area (TPSA) is 75.9 Å². The summed E-state index contributed by atoms with van der Waals surface area (Å²) in [6.07, 6.45) is 5.77. The Kier molecular flexibility index (Phi) is 5.20. The summed E-state index contributed by atoms with van der Waals surface area (Å²) in [7, 11) is 1.89. The van der Waals surface area contributed by atoms with Gasteiger partial charge in [-0.1, -0.05) is 5.21 Å². The van der Waals surface area contributed by atoms with Crippen LogP contribution in [0.1, 0.15) is 34.6 Å². The summed E-state index contributed by atoms with van der Waals surface area (Å²) < 4.78 is 1.89. The van der Waals surface area contributed by atoms with E-state index in [0.29, 0.717) is 11.5 Å². The molecule has 0 bridgehead atoms. The molecule has 1 saturated heterocycles. The zero-order chi connectivity index (χ0) is 16.9. The largest absolute Gasteiger partial charge is 0.338 e. The van der Waals surface area contributed by atoms with Crippen molar-refractivity contribution in [3.8, 4) is 0 Å². The van der Waals surface area contributed by atoms with Gasteiger partial charge in [0.05, 0.1) is 11.3 Å². The number of aromatic nitrogens is 4. The Balaban J connectivity index is 1.61. The van der Waals surface area contributed by atoms with Crippen LogP contribution < -0.4 is 5.32 Å². The number of rotatable bonds is 5. The second-order valence-electron chi connectivity index (χ2n) is 6.41. The molecule has 1 atom stereocenters. The lowest BCUT2D eigenvalue weighted by Crippen LogP contribution is -2.41. The lowest BCUT2D eigenvalue weighted by molar-refractivity contribution is 0.0659. The van der Waals surface area contributed by atoms with Crippen LogP contribution in [0, 0.1) is 12.8 Å². The van der Waals surface area contributed by atoms with Gasteiger partial charge in [0.15, 0.2) is 0 Å². The maximum Gasteiger partial charge on any atom is 0.255 e. The molecule has 7 heteroatoms. The van der Waals surface area contributed by atoms with Gasteiger partial charge in [-0.15, -0.1) is 5.10 Å². The summed E-state index contributed by atoms with van der Waals surface area (Å²) in [6, 6.07) is 3.74. The molecule has 128 valence electrons. The molecule has 7 nitrogen and oxygen atoms in total. The zero-order valence-corrected chi connectivity index (χ0v) is 14.3. The van der Waals surface area contributed by atoms with Crippen molar-refractivity contribution >= 4 is 5.91 Å². The third-order valence-electron chi connectivity index (χ3n) is 4.35. The molecule has 0 aromatic carbocycles. The number of carbonyl (C=O) groups is 1. The van der Waals surface area contributed by atoms with Crippen LogP contribution in [0.15, 0.2) is 24.5 Å². The number of hydrogen-bond donors (Lipinski definition) is 1. The average Bonchev–Trinajstić information content (AvgIpc) is 3.02. The third-order valence-corrected chi connectivity index (χ3v) is 4.35. The van der Waals surface area contributed by atoms with Crippen LogP contribution in [0.2, 0.25) is 0 Å². The van der Waals surface area contributed by atoms with Gasteiger partial charge in [-0.25, -0.2) is 0 Å². The lowest BCUT2D eigenvalue weighted by atomic mass is 9.97. The molecule has 0 spiro atoms. The van der Waals surface area contributed by atoms with Crippen LogP contribution in [-0.4, -0.2) is 50.9 Å². The highest BCUT2D eigenvalue weighted by Gasteiger charge is 2.25. The van der Waals surface area contributed by atoms with Gasteiger partial charge in [0.2, 0.25) is 0 Å². The van der Waals surface area contributed by atoms with Crippen molar-refractivity contribution < 1.29 is 4.79 Å². The summed E-state index contributed by atoms with van der Waals surface area (Å²) >= 11 is 0. The Morgan fingerprint density at radius 2 is 2.29 bits per heavy atom. The van der Waals surface area contributed by atoms with E-state index in [1.807, 2.05) is 41.9 Å². The first-order valence-corrected chi connectivity index (χ1v) is 8.41. The van der Waals surface area contributed by atoms with Gasteiger partial charge >= 0.3 is 0 Å². The molecule has 1 aliphatic rings. The standard InChI is InChI=1S/C17H24N6O/c1-13-5-6-15(8-19-13)17(24)22-7-3-4-14(10-22)11-23-12-16(9-18-2)20-21-23/h5-6,8,12,14,18H,3-4,7,9-11H2,1-2H3/t14-/m1/s1. The predicted molar refractivity (Wildman–Crippen MR) is 90.4 cm³/mol.